The van der Waals surface area contributed by atoms with Crippen molar-refractivity contribution in [3.8, 4) is 0 Å². The van der Waals surface area contributed by atoms with Crippen LogP contribution in [0.5, 0.6) is 0 Å². The molecule has 1 aliphatic rings. The second-order valence-corrected chi connectivity index (χ2v) is 5.85. The number of rotatable bonds is 3. The van der Waals surface area contributed by atoms with Gasteiger partial charge in [0.05, 0.1) is 24.3 Å². The molecule has 0 bridgehead atoms. The van der Waals surface area contributed by atoms with E-state index >= 15 is 0 Å². The highest BCUT2D eigenvalue weighted by atomic mass is 16.5. The summed E-state index contributed by atoms with van der Waals surface area (Å²) in [6.45, 7) is 1.88. The summed E-state index contributed by atoms with van der Waals surface area (Å²) < 4.78 is 4.72. The van der Waals surface area contributed by atoms with E-state index in [1.165, 1.54) is 13.3 Å². The topological polar surface area (TPSA) is 84.4 Å². The van der Waals surface area contributed by atoms with Crippen LogP contribution < -0.4 is 5.32 Å². The zero-order valence-electron chi connectivity index (χ0n) is 13.6. The number of benzene rings is 1. The summed E-state index contributed by atoms with van der Waals surface area (Å²) in [4.78, 5) is 34.0. The van der Waals surface area contributed by atoms with Crippen LogP contribution in [0.2, 0.25) is 0 Å². The fraction of sp³-hybridized carbons (Fsp3) is 0.412. The fourth-order valence-electron chi connectivity index (χ4n) is 2.84. The van der Waals surface area contributed by atoms with E-state index in [-0.39, 0.29) is 12.0 Å². The Labute approximate surface area is 140 Å². The van der Waals surface area contributed by atoms with Crippen LogP contribution in [0.25, 0.3) is 11.0 Å². The molecule has 7 nitrogen and oxygen atoms in total. The molecule has 1 aromatic carbocycles. The number of nitrogens with zero attached hydrogens (tertiary/aromatic N) is 3. The van der Waals surface area contributed by atoms with E-state index in [0.29, 0.717) is 36.8 Å². The standard InChI is InChI=1S/C17H20N4O3/c1-24-17(23)21-8-6-12(7-9-21)10-19-16(22)15-11-18-13-4-2-3-5-14(13)20-15/h2-5,11-12H,6-10H2,1H3,(H,19,22). The van der Waals surface area contributed by atoms with E-state index in [9.17, 15) is 9.59 Å². The van der Waals surface area contributed by atoms with Crippen molar-refractivity contribution in [3.63, 3.8) is 0 Å². The lowest BCUT2D eigenvalue weighted by Crippen LogP contribution is -2.41. The highest BCUT2D eigenvalue weighted by Gasteiger charge is 2.23. The van der Waals surface area contributed by atoms with Gasteiger partial charge in [0.15, 0.2) is 0 Å². The molecule has 126 valence electrons. The Morgan fingerprint density at radius 2 is 1.96 bits per heavy atom. The average Bonchev–Trinajstić information content (AvgIpc) is 2.65. The number of amides is 2. The molecule has 0 unspecified atom stereocenters. The number of carbonyl (C=O) groups is 2. The van der Waals surface area contributed by atoms with Gasteiger partial charge in [0, 0.05) is 19.6 Å². The highest BCUT2D eigenvalue weighted by molar-refractivity contribution is 5.93. The molecule has 7 heteroatoms. The molecule has 24 heavy (non-hydrogen) atoms. The zero-order chi connectivity index (χ0) is 16.9. The number of ether oxygens (including phenoxy) is 1. The number of fused-ring (bicyclic) bond motifs is 1. The van der Waals surface area contributed by atoms with Gasteiger partial charge in [-0.2, -0.15) is 0 Å². The molecule has 0 saturated carbocycles. The van der Waals surface area contributed by atoms with Crippen molar-refractivity contribution in [1.82, 2.24) is 20.2 Å². The number of aromatic nitrogens is 2. The molecular weight excluding hydrogens is 308 g/mol. The Balaban J connectivity index is 1.53. The summed E-state index contributed by atoms with van der Waals surface area (Å²) in [5.41, 5.74) is 1.79. The molecule has 1 N–H and O–H groups in total. The minimum Gasteiger partial charge on any atom is -0.453 e. The van der Waals surface area contributed by atoms with E-state index in [1.807, 2.05) is 24.3 Å². The highest BCUT2D eigenvalue weighted by Crippen LogP contribution is 2.17. The zero-order valence-corrected chi connectivity index (χ0v) is 13.6. The maximum Gasteiger partial charge on any atom is 0.409 e. The van der Waals surface area contributed by atoms with Crippen molar-refractivity contribution in [2.75, 3.05) is 26.7 Å². The van der Waals surface area contributed by atoms with Gasteiger partial charge >= 0.3 is 6.09 Å². The minimum absolute atomic E-state index is 0.219. The van der Waals surface area contributed by atoms with Crippen LogP contribution >= 0.6 is 0 Å². The number of methoxy groups -OCH3 is 1. The average molecular weight is 328 g/mol. The third-order valence-electron chi connectivity index (χ3n) is 4.28. The van der Waals surface area contributed by atoms with Crippen LogP contribution in [0.4, 0.5) is 4.79 Å². The number of carbonyl (C=O) groups excluding carboxylic acids is 2. The fourth-order valence-corrected chi connectivity index (χ4v) is 2.84. The third kappa shape index (κ3) is 3.61. The lowest BCUT2D eigenvalue weighted by molar-refractivity contribution is 0.0910. The largest absolute Gasteiger partial charge is 0.453 e. The maximum atomic E-state index is 12.3. The summed E-state index contributed by atoms with van der Waals surface area (Å²) in [6, 6.07) is 7.45. The molecule has 0 spiro atoms. The number of nitrogens with one attached hydrogen (secondary N) is 1. The lowest BCUT2D eigenvalue weighted by Gasteiger charge is -2.30. The van der Waals surface area contributed by atoms with E-state index in [2.05, 4.69) is 15.3 Å². The Kier molecular flexibility index (Phi) is 4.88. The molecule has 1 saturated heterocycles. The predicted molar refractivity (Wildman–Crippen MR) is 88.6 cm³/mol. The third-order valence-corrected chi connectivity index (χ3v) is 4.28. The first-order valence-corrected chi connectivity index (χ1v) is 8.00. The first-order valence-electron chi connectivity index (χ1n) is 8.00. The summed E-state index contributed by atoms with van der Waals surface area (Å²) in [5.74, 6) is 0.131. The quantitative estimate of drug-likeness (QED) is 0.929. The summed E-state index contributed by atoms with van der Waals surface area (Å²) in [7, 11) is 1.39. The Bertz CT molecular complexity index is 741. The van der Waals surface area contributed by atoms with Crippen LogP contribution in [0.1, 0.15) is 23.3 Å². The van der Waals surface area contributed by atoms with Crippen molar-refractivity contribution in [2.45, 2.75) is 12.8 Å². The van der Waals surface area contributed by atoms with Gasteiger partial charge in [-0.15, -0.1) is 0 Å². The molecule has 2 heterocycles. The van der Waals surface area contributed by atoms with Crippen LogP contribution in [0, 0.1) is 5.92 Å². The molecule has 0 aliphatic carbocycles. The van der Waals surface area contributed by atoms with Gasteiger partial charge < -0.3 is 15.0 Å². The number of para-hydroxylation sites is 2. The van der Waals surface area contributed by atoms with Crippen molar-refractivity contribution in [3.05, 3.63) is 36.2 Å². The van der Waals surface area contributed by atoms with Crippen LogP contribution in [-0.4, -0.2) is 53.6 Å². The van der Waals surface area contributed by atoms with Crippen molar-refractivity contribution in [2.24, 2.45) is 5.92 Å². The molecule has 3 rings (SSSR count). The van der Waals surface area contributed by atoms with Gasteiger partial charge in [-0.3, -0.25) is 9.78 Å². The smallest absolute Gasteiger partial charge is 0.409 e. The number of hydrogen-bond acceptors (Lipinski definition) is 5. The van der Waals surface area contributed by atoms with Crippen molar-refractivity contribution >= 4 is 23.0 Å². The van der Waals surface area contributed by atoms with Gasteiger partial charge in [0.25, 0.3) is 5.91 Å². The summed E-state index contributed by atoms with van der Waals surface area (Å²) >= 11 is 0. The lowest BCUT2D eigenvalue weighted by atomic mass is 9.97. The molecule has 1 fully saturated rings. The van der Waals surface area contributed by atoms with E-state index in [4.69, 9.17) is 4.74 Å². The number of likely N-dealkylation sites (tertiary alicyclic amines) is 1. The Morgan fingerprint density at radius 3 is 2.67 bits per heavy atom. The second-order valence-electron chi connectivity index (χ2n) is 5.85. The van der Waals surface area contributed by atoms with Crippen LogP contribution in [0.15, 0.2) is 30.5 Å². The van der Waals surface area contributed by atoms with Crippen molar-refractivity contribution in [1.29, 1.82) is 0 Å². The van der Waals surface area contributed by atoms with Gasteiger partial charge in [-0.25, -0.2) is 9.78 Å². The van der Waals surface area contributed by atoms with E-state index in [0.717, 1.165) is 18.4 Å². The van der Waals surface area contributed by atoms with Gasteiger partial charge in [0.1, 0.15) is 5.69 Å². The first-order chi connectivity index (χ1) is 11.7. The minimum atomic E-state index is -0.288. The summed E-state index contributed by atoms with van der Waals surface area (Å²) in [6.07, 6.45) is 2.90. The molecule has 2 aromatic rings. The normalized spacial score (nSPS) is 15.3. The monoisotopic (exact) mass is 328 g/mol. The SMILES string of the molecule is COC(=O)N1CCC(CNC(=O)c2cnc3ccccc3n2)CC1. The molecule has 2 amide bonds. The molecule has 0 atom stereocenters. The Hall–Kier alpha value is -2.70. The van der Waals surface area contributed by atoms with E-state index in [1.54, 1.807) is 4.90 Å². The number of hydrogen-bond donors (Lipinski definition) is 1. The molecule has 0 radical (unpaired) electrons. The Morgan fingerprint density at radius 1 is 1.25 bits per heavy atom. The van der Waals surface area contributed by atoms with Gasteiger partial charge in [-0.05, 0) is 30.9 Å². The van der Waals surface area contributed by atoms with Crippen LogP contribution in [-0.2, 0) is 4.74 Å². The molecule has 1 aromatic heterocycles. The van der Waals surface area contributed by atoms with E-state index < -0.39 is 0 Å². The predicted octanol–water partition coefficient (Wildman–Crippen LogP) is 1.84. The van der Waals surface area contributed by atoms with Crippen LogP contribution in [0.3, 0.4) is 0 Å². The second kappa shape index (κ2) is 7.25. The van der Waals surface area contributed by atoms with Crippen molar-refractivity contribution < 1.29 is 14.3 Å². The number of piperidine rings is 1. The van der Waals surface area contributed by atoms with Gasteiger partial charge in [-0.1, -0.05) is 12.1 Å². The summed E-state index contributed by atoms with van der Waals surface area (Å²) in [5, 5.41) is 2.92. The maximum absolute atomic E-state index is 12.3. The first kappa shape index (κ1) is 16.2. The molecule has 1 aliphatic heterocycles. The van der Waals surface area contributed by atoms with Gasteiger partial charge in [0.2, 0.25) is 0 Å². The molecular formula is C17H20N4O3.